The average Bonchev–Trinajstić information content (AvgIpc) is 2.65. The molecule has 6 heteroatoms. The van der Waals surface area contributed by atoms with Crippen LogP contribution < -0.4 is 4.74 Å². The lowest BCUT2D eigenvalue weighted by molar-refractivity contribution is 0.0625. The highest BCUT2D eigenvalue weighted by molar-refractivity contribution is 6.42. The van der Waals surface area contributed by atoms with E-state index in [1.165, 1.54) is 0 Å². The van der Waals surface area contributed by atoms with Gasteiger partial charge in [-0.1, -0.05) is 41.4 Å². The Morgan fingerprint density at radius 1 is 1.04 bits per heavy atom. The van der Waals surface area contributed by atoms with Crippen LogP contribution in [0.5, 0.6) is 5.75 Å². The lowest BCUT2D eigenvalue weighted by Crippen LogP contribution is -2.48. The molecule has 0 saturated carbocycles. The molecule has 3 rings (SSSR count). The first kappa shape index (κ1) is 18.1. The van der Waals surface area contributed by atoms with Gasteiger partial charge in [-0.3, -0.25) is 9.69 Å². The fourth-order valence-electron chi connectivity index (χ4n) is 3.00. The molecule has 0 unspecified atom stereocenters. The number of rotatable bonds is 4. The molecule has 0 aromatic heterocycles. The van der Waals surface area contributed by atoms with Gasteiger partial charge < -0.3 is 9.64 Å². The summed E-state index contributed by atoms with van der Waals surface area (Å²) in [4.78, 5) is 16.9. The summed E-state index contributed by atoms with van der Waals surface area (Å²) >= 11 is 12.0. The molecule has 1 aliphatic rings. The SMILES string of the molecule is COc1ccccc1C(=O)N1CCN(Cc2ccc(Cl)c(Cl)c2)CC1. The molecule has 4 nitrogen and oxygen atoms in total. The molecule has 1 amide bonds. The van der Waals surface area contributed by atoms with E-state index in [-0.39, 0.29) is 5.91 Å². The van der Waals surface area contributed by atoms with Crippen LogP contribution in [-0.4, -0.2) is 49.0 Å². The molecule has 1 fully saturated rings. The Balaban J connectivity index is 1.59. The van der Waals surface area contributed by atoms with Crippen molar-refractivity contribution < 1.29 is 9.53 Å². The third kappa shape index (κ3) is 4.27. The van der Waals surface area contributed by atoms with Crippen LogP contribution in [0.3, 0.4) is 0 Å². The van der Waals surface area contributed by atoms with Crippen molar-refractivity contribution in [3.63, 3.8) is 0 Å². The van der Waals surface area contributed by atoms with Gasteiger partial charge in [-0.25, -0.2) is 0 Å². The lowest BCUT2D eigenvalue weighted by Gasteiger charge is -2.35. The smallest absolute Gasteiger partial charge is 0.257 e. The van der Waals surface area contributed by atoms with Gasteiger partial charge in [0.15, 0.2) is 0 Å². The molecular formula is C19H20Cl2N2O2. The normalized spacial score (nSPS) is 15.2. The summed E-state index contributed by atoms with van der Waals surface area (Å²) in [5.41, 5.74) is 1.74. The van der Waals surface area contributed by atoms with Crippen LogP contribution >= 0.6 is 23.2 Å². The van der Waals surface area contributed by atoms with E-state index in [1.807, 2.05) is 47.4 Å². The van der Waals surface area contributed by atoms with Crippen LogP contribution in [0.15, 0.2) is 42.5 Å². The molecule has 132 valence electrons. The second-order valence-electron chi connectivity index (χ2n) is 6.02. The number of ether oxygens (including phenoxy) is 1. The summed E-state index contributed by atoms with van der Waals surface area (Å²) in [6.45, 7) is 3.83. The lowest BCUT2D eigenvalue weighted by atomic mass is 10.1. The fourth-order valence-corrected chi connectivity index (χ4v) is 3.32. The zero-order valence-corrected chi connectivity index (χ0v) is 15.6. The Morgan fingerprint density at radius 3 is 2.44 bits per heavy atom. The molecule has 0 N–H and O–H groups in total. The largest absolute Gasteiger partial charge is 0.496 e. The van der Waals surface area contributed by atoms with Crippen molar-refractivity contribution in [2.24, 2.45) is 0 Å². The summed E-state index contributed by atoms with van der Waals surface area (Å²) < 4.78 is 5.30. The first-order valence-electron chi connectivity index (χ1n) is 8.17. The molecule has 1 aliphatic heterocycles. The van der Waals surface area contributed by atoms with Crippen molar-refractivity contribution >= 4 is 29.1 Å². The minimum Gasteiger partial charge on any atom is -0.496 e. The Kier molecular flexibility index (Phi) is 5.84. The minimum absolute atomic E-state index is 0.0200. The molecule has 25 heavy (non-hydrogen) atoms. The monoisotopic (exact) mass is 378 g/mol. The number of hydrogen-bond acceptors (Lipinski definition) is 3. The summed E-state index contributed by atoms with van der Waals surface area (Å²) in [7, 11) is 1.58. The standard InChI is InChI=1S/C19H20Cl2N2O2/c1-25-18-5-3-2-4-15(18)19(24)23-10-8-22(9-11-23)13-14-6-7-16(20)17(21)12-14/h2-7,12H,8-11,13H2,1H3. The first-order chi connectivity index (χ1) is 12.1. The number of para-hydroxylation sites is 1. The second kappa shape index (κ2) is 8.09. The van der Waals surface area contributed by atoms with Gasteiger partial charge in [0.05, 0.1) is 22.7 Å². The quantitative estimate of drug-likeness (QED) is 0.806. The average molecular weight is 379 g/mol. The van der Waals surface area contributed by atoms with E-state index in [0.29, 0.717) is 34.4 Å². The Bertz CT molecular complexity index is 759. The van der Waals surface area contributed by atoms with Gasteiger partial charge in [0, 0.05) is 32.7 Å². The number of carbonyl (C=O) groups excluding carboxylic acids is 1. The van der Waals surface area contributed by atoms with Crippen LogP contribution in [0, 0.1) is 0 Å². The van der Waals surface area contributed by atoms with E-state index in [9.17, 15) is 4.79 Å². The Morgan fingerprint density at radius 2 is 1.76 bits per heavy atom. The summed E-state index contributed by atoms with van der Waals surface area (Å²) in [6, 6.07) is 13.1. The molecule has 0 atom stereocenters. The number of halogens is 2. The molecule has 0 bridgehead atoms. The fraction of sp³-hybridized carbons (Fsp3) is 0.316. The zero-order valence-electron chi connectivity index (χ0n) is 14.0. The van der Waals surface area contributed by atoms with Crippen LogP contribution in [-0.2, 0) is 6.54 Å². The first-order valence-corrected chi connectivity index (χ1v) is 8.92. The van der Waals surface area contributed by atoms with Crippen molar-refractivity contribution in [2.75, 3.05) is 33.3 Å². The molecule has 2 aromatic carbocycles. The molecule has 0 radical (unpaired) electrons. The van der Waals surface area contributed by atoms with Crippen LogP contribution in [0.4, 0.5) is 0 Å². The second-order valence-corrected chi connectivity index (χ2v) is 6.83. The number of benzene rings is 2. The van der Waals surface area contributed by atoms with E-state index >= 15 is 0 Å². The van der Waals surface area contributed by atoms with Gasteiger partial charge in [-0.05, 0) is 29.8 Å². The molecular weight excluding hydrogens is 359 g/mol. The number of nitrogens with zero attached hydrogens (tertiary/aromatic N) is 2. The van der Waals surface area contributed by atoms with Gasteiger partial charge in [0.2, 0.25) is 0 Å². The predicted molar refractivity (Wildman–Crippen MR) is 101 cm³/mol. The van der Waals surface area contributed by atoms with Crippen molar-refractivity contribution in [2.45, 2.75) is 6.54 Å². The van der Waals surface area contributed by atoms with Gasteiger partial charge in [0.1, 0.15) is 5.75 Å². The number of hydrogen-bond donors (Lipinski definition) is 0. The number of amides is 1. The van der Waals surface area contributed by atoms with Gasteiger partial charge in [0.25, 0.3) is 5.91 Å². The third-order valence-electron chi connectivity index (χ3n) is 4.39. The van der Waals surface area contributed by atoms with Gasteiger partial charge in [-0.2, -0.15) is 0 Å². The van der Waals surface area contributed by atoms with Crippen LogP contribution in [0.1, 0.15) is 15.9 Å². The maximum atomic E-state index is 12.7. The molecule has 0 spiro atoms. The van der Waals surface area contributed by atoms with E-state index in [0.717, 1.165) is 25.2 Å². The zero-order chi connectivity index (χ0) is 17.8. The van der Waals surface area contributed by atoms with Crippen LogP contribution in [0.2, 0.25) is 10.0 Å². The molecule has 1 heterocycles. The highest BCUT2D eigenvalue weighted by Gasteiger charge is 2.24. The van der Waals surface area contributed by atoms with Crippen molar-refractivity contribution in [1.82, 2.24) is 9.80 Å². The highest BCUT2D eigenvalue weighted by atomic mass is 35.5. The van der Waals surface area contributed by atoms with Crippen molar-refractivity contribution in [3.8, 4) is 5.75 Å². The Labute approximate surface area is 157 Å². The van der Waals surface area contributed by atoms with E-state index < -0.39 is 0 Å². The molecule has 2 aromatic rings. The van der Waals surface area contributed by atoms with E-state index in [2.05, 4.69) is 4.90 Å². The third-order valence-corrected chi connectivity index (χ3v) is 5.13. The predicted octanol–water partition coefficient (Wildman–Crippen LogP) is 3.96. The van der Waals surface area contributed by atoms with Gasteiger partial charge in [-0.15, -0.1) is 0 Å². The van der Waals surface area contributed by atoms with Crippen molar-refractivity contribution in [3.05, 3.63) is 63.6 Å². The number of carbonyl (C=O) groups is 1. The van der Waals surface area contributed by atoms with E-state index in [4.69, 9.17) is 27.9 Å². The van der Waals surface area contributed by atoms with E-state index in [1.54, 1.807) is 7.11 Å². The topological polar surface area (TPSA) is 32.8 Å². The van der Waals surface area contributed by atoms with Crippen molar-refractivity contribution in [1.29, 1.82) is 0 Å². The summed E-state index contributed by atoms with van der Waals surface area (Å²) in [5.74, 6) is 0.636. The maximum absolute atomic E-state index is 12.7. The maximum Gasteiger partial charge on any atom is 0.257 e. The minimum atomic E-state index is 0.0200. The number of methoxy groups -OCH3 is 1. The Hall–Kier alpha value is -1.75. The van der Waals surface area contributed by atoms with Gasteiger partial charge >= 0.3 is 0 Å². The van der Waals surface area contributed by atoms with Crippen LogP contribution in [0.25, 0.3) is 0 Å². The molecule has 0 aliphatic carbocycles. The summed E-state index contributed by atoms with van der Waals surface area (Å²) in [6.07, 6.45) is 0. The highest BCUT2D eigenvalue weighted by Crippen LogP contribution is 2.24. The summed E-state index contributed by atoms with van der Waals surface area (Å²) in [5, 5.41) is 1.14. The molecule has 1 saturated heterocycles. The number of piperazine rings is 1.